The number of esters is 3. The molecular weight excluding hydrogens is 628 g/mol. The summed E-state index contributed by atoms with van der Waals surface area (Å²) in [5.74, 6) is -7.92. The van der Waals surface area contributed by atoms with Crippen molar-refractivity contribution < 1.29 is 58.7 Å². The van der Waals surface area contributed by atoms with Gasteiger partial charge in [-0.25, -0.2) is 14.6 Å². The molecule has 2 aliphatic rings. The predicted molar refractivity (Wildman–Crippen MR) is 158 cm³/mol. The lowest BCUT2D eigenvalue weighted by molar-refractivity contribution is -0.270. The minimum atomic E-state index is -3.12. The third-order valence-corrected chi connectivity index (χ3v) is 7.09. The highest BCUT2D eigenvalue weighted by Gasteiger charge is 2.46. The molecule has 0 saturated heterocycles. The number of nitrogens with zero attached hydrogens (tertiary/aromatic N) is 4. The molecular formula is C29H36N4O14. The molecule has 47 heavy (non-hydrogen) atoms. The third-order valence-electron chi connectivity index (χ3n) is 7.09. The average molecular weight is 665 g/mol. The van der Waals surface area contributed by atoms with E-state index in [1.165, 1.54) is 41.5 Å². The molecule has 2 aliphatic heterocycles. The van der Waals surface area contributed by atoms with Gasteiger partial charge in [0, 0.05) is 36.8 Å². The summed E-state index contributed by atoms with van der Waals surface area (Å²) in [6, 6.07) is 0. The number of carbonyl (C=O) groups excluding carboxylic acids is 4. The molecule has 0 fully saturated rings. The van der Waals surface area contributed by atoms with Gasteiger partial charge in [0.2, 0.25) is 0 Å². The molecule has 0 aliphatic carbocycles. The van der Waals surface area contributed by atoms with Gasteiger partial charge in [-0.3, -0.25) is 19.2 Å². The summed E-state index contributed by atoms with van der Waals surface area (Å²) in [7, 11) is 0. The van der Waals surface area contributed by atoms with E-state index in [0.717, 1.165) is 4.57 Å². The van der Waals surface area contributed by atoms with E-state index in [1.807, 2.05) is 0 Å². The first-order valence-electron chi connectivity index (χ1n) is 14.6. The van der Waals surface area contributed by atoms with Crippen LogP contribution in [0.2, 0.25) is 0 Å². The maximum absolute atomic E-state index is 13.6. The minimum absolute atomic E-state index is 0.0296. The standard InChI is InChI=1S/C29H36N4O14/c1-7-16(36)44-23-13(5)14(6)24(45-17(37)8-2)22-20(23)30-21-26(31-28(42)33(27(21)41)47-19(39)10-4)32(22)12-29(43,46-18(38)9-3)25(40)15(35)11-34/h15,25,34-35,40,43H,7-12H2,1-6H3. The van der Waals surface area contributed by atoms with Gasteiger partial charge in [-0.15, -0.1) is 0 Å². The molecule has 4 N–H and O–H groups in total. The minimum Gasteiger partial charge on any atom is -0.428 e. The number of benzene rings is 1. The van der Waals surface area contributed by atoms with Crippen molar-refractivity contribution in [1.29, 1.82) is 0 Å². The van der Waals surface area contributed by atoms with Crippen molar-refractivity contribution >= 4 is 34.9 Å². The van der Waals surface area contributed by atoms with E-state index in [0.29, 0.717) is 0 Å². The molecule has 0 amide bonds. The van der Waals surface area contributed by atoms with E-state index in [2.05, 4.69) is 9.97 Å². The molecule has 3 rings (SSSR count). The van der Waals surface area contributed by atoms with Crippen LogP contribution in [0.5, 0.6) is 11.5 Å². The summed E-state index contributed by atoms with van der Waals surface area (Å²) in [6.45, 7) is 6.46. The lowest BCUT2D eigenvalue weighted by Crippen LogP contribution is -2.56. The van der Waals surface area contributed by atoms with Crippen LogP contribution in [0, 0.1) is 13.8 Å². The zero-order valence-electron chi connectivity index (χ0n) is 26.6. The summed E-state index contributed by atoms with van der Waals surface area (Å²) < 4.78 is 17.2. The molecule has 0 spiro atoms. The summed E-state index contributed by atoms with van der Waals surface area (Å²) >= 11 is 0. The summed E-state index contributed by atoms with van der Waals surface area (Å²) in [5, 5.41) is 42.3. The van der Waals surface area contributed by atoms with Gasteiger partial charge in [-0.05, 0) is 13.8 Å². The van der Waals surface area contributed by atoms with Gasteiger partial charge in [0.05, 0.1) is 13.2 Å². The van der Waals surface area contributed by atoms with Gasteiger partial charge in [-0.1, -0.05) is 32.4 Å². The smallest absolute Gasteiger partial charge is 0.386 e. The highest BCUT2D eigenvalue weighted by atomic mass is 16.7. The van der Waals surface area contributed by atoms with Gasteiger partial charge < -0.3 is 44.0 Å². The fourth-order valence-electron chi connectivity index (χ4n) is 4.34. The highest BCUT2D eigenvalue weighted by molar-refractivity contribution is 5.96. The fourth-order valence-corrected chi connectivity index (χ4v) is 4.34. The molecule has 0 saturated carbocycles. The number of aromatic nitrogens is 4. The van der Waals surface area contributed by atoms with Crippen LogP contribution in [0.3, 0.4) is 0 Å². The third kappa shape index (κ3) is 7.30. The van der Waals surface area contributed by atoms with Crippen LogP contribution in [0.4, 0.5) is 0 Å². The molecule has 3 unspecified atom stereocenters. The van der Waals surface area contributed by atoms with Crippen molar-refractivity contribution in [3.05, 3.63) is 32.0 Å². The Balaban J connectivity index is 2.68. The normalized spacial score (nSPS) is 13.9. The number of ether oxygens (including phenoxy) is 3. The van der Waals surface area contributed by atoms with Crippen LogP contribution in [0.1, 0.15) is 64.5 Å². The maximum Gasteiger partial charge on any atom is 0.386 e. The number of aliphatic hydroxyl groups is 4. The van der Waals surface area contributed by atoms with Crippen LogP contribution >= 0.6 is 0 Å². The quantitative estimate of drug-likeness (QED) is 0.0741. The Bertz CT molecular complexity index is 1800. The topological polar surface area (TPSA) is 256 Å². The number of rotatable bonds is 13. The lowest BCUT2D eigenvalue weighted by atomic mass is 10.0. The van der Waals surface area contributed by atoms with Crippen molar-refractivity contribution in [3.63, 3.8) is 0 Å². The Morgan fingerprint density at radius 2 is 1.36 bits per heavy atom. The van der Waals surface area contributed by atoms with Gasteiger partial charge in [0.1, 0.15) is 23.2 Å². The van der Waals surface area contributed by atoms with Crippen LogP contribution in [-0.4, -0.2) is 88.2 Å². The molecule has 0 bridgehead atoms. The van der Waals surface area contributed by atoms with E-state index < -0.39 is 77.8 Å². The first kappa shape index (κ1) is 36.7. The van der Waals surface area contributed by atoms with Crippen molar-refractivity contribution in [2.75, 3.05) is 6.61 Å². The monoisotopic (exact) mass is 664 g/mol. The van der Waals surface area contributed by atoms with Gasteiger partial charge in [0.25, 0.3) is 5.79 Å². The van der Waals surface area contributed by atoms with E-state index in [4.69, 9.17) is 19.0 Å². The summed E-state index contributed by atoms with van der Waals surface area (Å²) in [5.41, 5.74) is -3.79. The Hall–Kier alpha value is -4.78. The molecule has 256 valence electrons. The highest BCUT2D eigenvalue weighted by Crippen LogP contribution is 2.42. The largest absolute Gasteiger partial charge is 0.428 e. The second-order valence-corrected chi connectivity index (χ2v) is 10.3. The van der Waals surface area contributed by atoms with E-state index >= 15 is 0 Å². The maximum atomic E-state index is 13.6. The van der Waals surface area contributed by atoms with Crippen molar-refractivity contribution in [2.45, 2.75) is 91.8 Å². The Kier molecular flexibility index (Phi) is 11.5. The Morgan fingerprint density at radius 1 is 0.830 bits per heavy atom. The molecule has 2 heterocycles. The SMILES string of the molecule is CCC(=O)Oc1c(C)c(C)c(OC(=O)CC)c2c1nc1c(=O)n(OC(=O)CC)c(=O)nc-1n2CC(O)(OC(=O)CC)C(O)C(O)CO. The zero-order valence-corrected chi connectivity index (χ0v) is 26.6. The van der Waals surface area contributed by atoms with Crippen molar-refractivity contribution in [1.82, 2.24) is 19.3 Å². The van der Waals surface area contributed by atoms with Gasteiger partial charge in [0.15, 0.2) is 23.0 Å². The first-order chi connectivity index (χ1) is 22.1. The number of hydrogen-bond acceptors (Lipinski definition) is 16. The zero-order chi connectivity index (χ0) is 35.4. The first-order valence-corrected chi connectivity index (χ1v) is 14.6. The summed E-state index contributed by atoms with van der Waals surface area (Å²) in [6.07, 6.45) is -5.34. The number of aliphatic hydroxyl groups excluding tert-OH is 3. The van der Waals surface area contributed by atoms with Crippen LogP contribution in [0.25, 0.3) is 22.6 Å². The van der Waals surface area contributed by atoms with Gasteiger partial charge >= 0.3 is 35.1 Å². The number of carbonyl (C=O) groups is 4. The van der Waals surface area contributed by atoms with E-state index in [1.54, 1.807) is 0 Å². The van der Waals surface area contributed by atoms with Crippen molar-refractivity contribution in [3.8, 4) is 23.0 Å². The molecule has 3 atom stereocenters. The average Bonchev–Trinajstić information content (AvgIpc) is 3.05. The second kappa shape index (κ2) is 14.8. The van der Waals surface area contributed by atoms with Crippen molar-refractivity contribution in [2.24, 2.45) is 0 Å². The molecule has 18 nitrogen and oxygen atoms in total. The molecule has 18 heteroatoms. The van der Waals surface area contributed by atoms with Crippen LogP contribution < -0.4 is 25.6 Å². The molecule has 0 aromatic heterocycles. The lowest BCUT2D eigenvalue weighted by Gasteiger charge is -2.36. The fraction of sp³-hybridized carbons (Fsp3) is 0.517. The van der Waals surface area contributed by atoms with Crippen LogP contribution in [-0.2, 0) is 30.5 Å². The number of hydrogen-bond donors (Lipinski definition) is 4. The predicted octanol–water partition coefficient (Wildman–Crippen LogP) is -0.973. The second-order valence-electron chi connectivity index (χ2n) is 10.3. The Morgan fingerprint density at radius 3 is 1.89 bits per heavy atom. The number of fused-ring (bicyclic) bond motifs is 2. The molecule has 1 aromatic carbocycles. The van der Waals surface area contributed by atoms with Crippen LogP contribution in [0.15, 0.2) is 9.59 Å². The van der Waals surface area contributed by atoms with Gasteiger partial charge in [-0.2, -0.15) is 4.98 Å². The summed E-state index contributed by atoms with van der Waals surface area (Å²) in [4.78, 5) is 89.3. The van der Waals surface area contributed by atoms with E-state index in [9.17, 15) is 49.2 Å². The Labute approximate surface area is 266 Å². The molecule has 0 radical (unpaired) electrons. The van der Waals surface area contributed by atoms with E-state index in [-0.39, 0.29) is 64.1 Å². The molecule has 1 aromatic rings.